The number of hydrogen-bond donors (Lipinski definition) is 0. The maximum Gasteiger partial charge on any atom is 0.274 e. The minimum atomic E-state index is -0.692. The van der Waals surface area contributed by atoms with E-state index in [-0.39, 0.29) is 17.5 Å². The molecular formula is C23H20F2N4O2S. The fourth-order valence-corrected chi connectivity index (χ4v) is 4.75. The predicted molar refractivity (Wildman–Crippen MR) is 117 cm³/mol. The number of amides is 1. The van der Waals surface area contributed by atoms with E-state index in [0.717, 1.165) is 23.0 Å². The number of nitrogens with zero attached hydrogens (tertiary/aromatic N) is 4. The lowest BCUT2D eigenvalue weighted by Crippen LogP contribution is -2.41. The Kier molecular flexibility index (Phi) is 5.57. The van der Waals surface area contributed by atoms with Crippen LogP contribution >= 0.6 is 11.3 Å². The summed E-state index contributed by atoms with van der Waals surface area (Å²) in [4.78, 5) is 22.9. The molecule has 5 rings (SSSR count). The summed E-state index contributed by atoms with van der Waals surface area (Å²) in [6.07, 6.45) is 6.57. The van der Waals surface area contributed by atoms with Crippen LogP contribution in [-0.2, 0) is 6.54 Å². The summed E-state index contributed by atoms with van der Waals surface area (Å²) in [6, 6.07) is 9.69. The third-order valence-electron chi connectivity index (χ3n) is 5.52. The summed E-state index contributed by atoms with van der Waals surface area (Å²) in [5.74, 6) is -1.33. The van der Waals surface area contributed by atoms with Crippen LogP contribution in [0.2, 0.25) is 0 Å². The number of likely N-dealkylation sites (tertiary alicyclic amines) is 1. The topological polar surface area (TPSA) is 60.2 Å². The van der Waals surface area contributed by atoms with Crippen LogP contribution in [-0.4, -0.2) is 44.5 Å². The SMILES string of the molecule is O=C(c1ccc(Cn2ccnc2)cc1)N1CCC(Oc2nc3c(F)cc(F)cc3s2)CC1. The molecule has 0 saturated carbocycles. The van der Waals surface area contributed by atoms with Crippen LogP contribution < -0.4 is 4.74 Å². The minimum absolute atomic E-state index is 0.00448. The van der Waals surface area contributed by atoms with Gasteiger partial charge in [-0.3, -0.25) is 4.79 Å². The maximum absolute atomic E-state index is 13.9. The lowest BCUT2D eigenvalue weighted by molar-refractivity contribution is 0.0595. The highest BCUT2D eigenvalue weighted by molar-refractivity contribution is 7.20. The van der Waals surface area contributed by atoms with Crippen molar-refractivity contribution in [2.24, 2.45) is 0 Å². The van der Waals surface area contributed by atoms with E-state index >= 15 is 0 Å². The van der Waals surface area contributed by atoms with Crippen molar-refractivity contribution in [1.29, 1.82) is 0 Å². The molecule has 0 radical (unpaired) electrons. The molecule has 6 nitrogen and oxygen atoms in total. The van der Waals surface area contributed by atoms with E-state index in [1.807, 2.05) is 39.9 Å². The lowest BCUT2D eigenvalue weighted by Gasteiger charge is -2.31. The fraction of sp³-hybridized carbons (Fsp3) is 0.261. The first-order valence-electron chi connectivity index (χ1n) is 10.3. The number of aromatic nitrogens is 3. The molecule has 1 fully saturated rings. The van der Waals surface area contributed by atoms with Crippen molar-refractivity contribution < 1.29 is 18.3 Å². The summed E-state index contributed by atoms with van der Waals surface area (Å²) in [5.41, 5.74) is 1.87. The van der Waals surface area contributed by atoms with Crippen molar-refractivity contribution in [2.75, 3.05) is 13.1 Å². The Labute approximate surface area is 187 Å². The molecule has 1 aliphatic heterocycles. The number of carbonyl (C=O) groups is 1. The summed E-state index contributed by atoms with van der Waals surface area (Å²) in [5, 5.41) is 0.322. The van der Waals surface area contributed by atoms with Gasteiger partial charge < -0.3 is 14.2 Å². The largest absolute Gasteiger partial charge is 0.467 e. The average Bonchev–Trinajstić information content (AvgIpc) is 3.44. The first kappa shape index (κ1) is 20.6. The number of fused-ring (bicyclic) bond motifs is 1. The third-order valence-corrected chi connectivity index (χ3v) is 6.41. The highest BCUT2D eigenvalue weighted by Crippen LogP contribution is 2.32. The van der Waals surface area contributed by atoms with Gasteiger partial charge >= 0.3 is 0 Å². The Morgan fingerprint density at radius 3 is 2.66 bits per heavy atom. The van der Waals surface area contributed by atoms with Gasteiger partial charge in [0.25, 0.3) is 11.1 Å². The number of halogens is 2. The molecule has 1 saturated heterocycles. The lowest BCUT2D eigenvalue weighted by atomic mass is 10.1. The van der Waals surface area contributed by atoms with Crippen molar-refractivity contribution >= 4 is 27.5 Å². The molecule has 3 heterocycles. The van der Waals surface area contributed by atoms with Crippen molar-refractivity contribution in [1.82, 2.24) is 19.4 Å². The normalized spacial score (nSPS) is 14.8. The number of benzene rings is 2. The Morgan fingerprint density at radius 1 is 1.16 bits per heavy atom. The molecule has 0 aliphatic carbocycles. The van der Waals surface area contributed by atoms with Crippen molar-refractivity contribution in [3.05, 3.63) is 77.9 Å². The zero-order valence-corrected chi connectivity index (χ0v) is 17.9. The van der Waals surface area contributed by atoms with Crippen LogP contribution in [0.1, 0.15) is 28.8 Å². The van der Waals surface area contributed by atoms with Crippen LogP contribution in [0.4, 0.5) is 8.78 Å². The summed E-state index contributed by atoms with van der Waals surface area (Å²) >= 11 is 1.13. The fourth-order valence-electron chi connectivity index (χ4n) is 3.83. The first-order valence-corrected chi connectivity index (χ1v) is 11.1. The van der Waals surface area contributed by atoms with E-state index in [1.54, 1.807) is 12.5 Å². The number of carbonyl (C=O) groups excluding carboxylic acids is 1. The van der Waals surface area contributed by atoms with Crippen LogP contribution in [0.15, 0.2) is 55.1 Å². The van der Waals surface area contributed by atoms with E-state index in [9.17, 15) is 13.6 Å². The van der Waals surface area contributed by atoms with Crippen LogP contribution in [0.5, 0.6) is 5.19 Å². The standard InChI is InChI=1S/C23H20F2N4O2S/c24-17-11-19(25)21-20(12-17)32-23(27-21)31-18-5-8-29(9-6-18)22(30)16-3-1-15(2-4-16)13-28-10-7-26-14-28/h1-4,7,10-12,14,18H,5-6,8-9,13H2. The van der Waals surface area contributed by atoms with Gasteiger partial charge in [-0.25, -0.2) is 13.8 Å². The van der Waals surface area contributed by atoms with E-state index in [1.165, 1.54) is 6.07 Å². The predicted octanol–water partition coefficient (Wildman–Crippen LogP) is 4.50. The smallest absolute Gasteiger partial charge is 0.274 e. The monoisotopic (exact) mass is 454 g/mol. The number of imidazole rings is 1. The van der Waals surface area contributed by atoms with Crippen LogP contribution in [0.25, 0.3) is 10.2 Å². The van der Waals surface area contributed by atoms with E-state index in [2.05, 4.69) is 9.97 Å². The molecule has 0 N–H and O–H groups in total. The van der Waals surface area contributed by atoms with Crippen molar-refractivity contribution in [3.8, 4) is 5.19 Å². The molecule has 1 amide bonds. The summed E-state index contributed by atoms with van der Waals surface area (Å²) in [7, 11) is 0. The maximum atomic E-state index is 13.9. The highest BCUT2D eigenvalue weighted by atomic mass is 32.1. The van der Waals surface area contributed by atoms with Gasteiger partial charge in [0.15, 0.2) is 5.82 Å². The second-order valence-electron chi connectivity index (χ2n) is 7.76. The number of rotatable bonds is 5. The number of ether oxygens (including phenoxy) is 1. The third kappa shape index (κ3) is 4.34. The molecular weight excluding hydrogens is 434 g/mol. The van der Waals surface area contributed by atoms with Crippen molar-refractivity contribution in [3.63, 3.8) is 0 Å². The molecule has 2 aromatic heterocycles. The number of thiazole rings is 1. The van der Waals surface area contributed by atoms with Gasteiger partial charge in [-0.1, -0.05) is 23.5 Å². The second-order valence-corrected chi connectivity index (χ2v) is 8.75. The van der Waals surface area contributed by atoms with Gasteiger partial charge in [0, 0.05) is 56.5 Å². The highest BCUT2D eigenvalue weighted by Gasteiger charge is 2.25. The molecule has 9 heteroatoms. The zero-order valence-electron chi connectivity index (χ0n) is 17.1. The van der Waals surface area contributed by atoms with Gasteiger partial charge in [-0.2, -0.15) is 4.98 Å². The number of hydrogen-bond acceptors (Lipinski definition) is 5. The van der Waals surface area contributed by atoms with E-state index in [4.69, 9.17) is 4.74 Å². The van der Waals surface area contributed by atoms with Crippen LogP contribution in [0, 0.1) is 11.6 Å². The second kappa shape index (κ2) is 8.66. The molecule has 32 heavy (non-hydrogen) atoms. The van der Waals surface area contributed by atoms with E-state index in [0.29, 0.717) is 47.9 Å². The number of piperidine rings is 1. The van der Waals surface area contributed by atoms with Gasteiger partial charge in [0.1, 0.15) is 17.4 Å². The summed E-state index contributed by atoms with van der Waals surface area (Å²) < 4.78 is 35.5. The summed E-state index contributed by atoms with van der Waals surface area (Å²) in [6.45, 7) is 1.84. The minimum Gasteiger partial charge on any atom is -0.467 e. The molecule has 0 spiro atoms. The molecule has 0 bridgehead atoms. The van der Waals surface area contributed by atoms with Gasteiger partial charge in [0.2, 0.25) is 0 Å². The molecule has 1 aliphatic rings. The molecule has 0 atom stereocenters. The molecule has 164 valence electrons. The van der Waals surface area contributed by atoms with Crippen molar-refractivity contribution in [2.45, 2.75) is 25.5 Å². The zero-order chi connectivity index (χ0) is 22.1. The average molecular weight is 455 g/mol. The molecule has 0 unspecified atom stereocenters. The van der Waals surface area contributed by atoms with Gasteiger partial charge in [0.05, 0.1) is 11.0 Å². The first-order chi connectivity index (χ1) is 15.5. The quantitative estimate of drug-likeness (QED) is 0.446. The molecule has 2 aromatic carbocycles. The van der Waals surface area contributed by atoms with Gasteiger partial charge in [-0.15, -0.1) is 0 Å². The Morgan fingerprint density at radius 2 is 1.94 bits per heavy atom. The Hall–Kier alpha value is -3.33. The van der Waals surface area contributed by atoms with Gasteiger partial charge in [-0.05, 0) is 23.8 Å². The molecule has 4 aromatic rings. The Bertz CT molecular complexity index is 1230. The Balaban J connectivity index is 1.17. The van der Waals surface area contributed by atoms with Crippen LogP contribution in [0.3, 0.4) is 0 Å². The van der Waals surface area contributed by atoms with E-state index < -0.39 is 11.6 Å².